The largest absolute Gasteiger partial charge is 0.493 e. The molecule has 0 fully saturated rings. The fourth-order valence-electron chi connectivity index (χ4n) is 2.00. The highest BCUT2D eigenvalue weighted by atomic mass is 16.5. The summed E-state index contributed by atoms with van der Waals surface area (Å²) in [6, 6.07) is 17.8. The second-order valence-electron chi connectivity index (χ2n) is 4.36. The number of rotatable bonds is 5. The zero-order chi connectivity index (χ0) is 12.8. The van der Waals surface area contributed by atoms with E-state index in [4.69, 9.17) is 4.74 Å². The van der Waals surface area contributed by atoms with Crippen LogP contribution in [0.25, 0.3) is 0 Å². The molecule has 2 rings (SSSR count). The minimum atomic E-state index is 0.0198. The Morgan fingerprint density at radius 2 is 1.67 bits per heavy atom. The second-order valence-corrected chi connectivity index (χ2v) is 4.36. The van der Waals surface area contributed by atoms with Crippen molar-refractivity contribution in [2.75, 3.05) is 13.2 Å². The molecule has 0 saturated carbocycles. The smallest absolute Gasteiger partial charge is 0.119 e. The first-order chi connectivity index (χ1) is 8.81. The summed E-state index contributed by atoms with van der Waals surface area (Å²) in [7, 11) is 0. The molecule has 2 aromatic rings. The van der Waals surface area contributed by atoms with Gasteiger partial charge in [-0.1, -0.05) is 42.5 Å². The van der Waals surface area contributed by atoms with Crippen LogP contribution >= 0.6 is 0 Å². The van der Waals surface area contributed by atoms with E-state index in [1.807, 2.05) is 48.5 Å². The van der Waals surface area contributed by atoms with Gasteiger partial charge in [0.15, 0.2) is 0 Å². The molecule has 1 atom stereocenters. The first-order valence-electron chi connectivity index (χ1n) is 6.15. The van der Waals surface area contributed by atoms with Gasteiger partial charge in [0.1, 0.15) is 5.75 Å². The van der Waals surface area contributed by atoms with Crippen LogP contribution in [-0.4, -0.2) is 18.3 Å². The molecule has 0 amide bonds. The number of benzene rings is 2. The predicted molar refractivity (Wildman–Crippen MR) is 72.9 cm³/mol. The fraction of sp³-hybridized carbons (Fsp3) is 0.250. The maximum absolute atomic E-state index is 9.50. The van der Waals surface area contributed by atoms with Gasteiger partial charge in [-0.05, 0) is 30.2 Å². The third-order valence-electron chi connectivity index (χ3n) is 3.04. The van der Waals surface area contributed by atoms with Gasteiger partial charge in [-0.15, -0.1) is 0 Å². The van der Waals surface area contributed by atoms with Gasteiger partial charge in [-0.2, -0.15) is 0 Å². The van der Waals surface area contributed by atoms with E-state index < -0.39 is 0 Å². The molecule has 0 aliphatic rings. The SMILES string of the molecule is Cc1ccccc1C(CO)COc1ccccc1. The van der Waals surface area contributed by atoms with Gasteiger partial charge < -0.3 is 9.84 Å². The molecule has 0 saturated heterocycles. The molecule has 2 aromatic carbocycles. The lowest BCUT2D eigenvalue weighted by Gasteiger charge is -2.17. The van der Waals surface area contributed by atoms with Crippen molar-refractivity contribution >= 4 is 0 Å². The van der Waals surface area contributed by atoms with Gasteiger partial charge >= 0.3 is 0 Å². The lowest BCUT2D eigenvalue weighted by atomic mass is 9.96. The predicted octanol–water partition coefficient (Wildman–Crippen LogP) is 3.15. The van der Waals surface area contributed by atoms with Gasteiger partial charge in [0.2, 0.25) is 0 Å². The van der Waals surface area contributed by atoms with Gasteiger partial charge in [0, 0.05) is 5.92 Å². The van der Waals surface area contributed by atoms with E-state index in [1.54, 1.807) is 0 Å². The lowest BCUT2D eigenvalue weighted by molar-refractivity contribution is 0.204. The molecule has 1 unspecified atom stereocenters. The standard InChI is InChI=1S/C16H18O2/c1-13-7-5-6-10-16(13)14(11-17)12-18-15-8-3-2-4-9-15/h2-10,14,17H,11-12H2,1H3. The molecule has 0 heterocycles. The monoisotopic (exact) mass is 242 g/mol. The zero-order valence-electron chi connectivity index (χ0n) is 10.5. The molecular weight excluding hydrogens is 224 g/mol. The average molecular weight is 242 g/mol. The summed E-state index contributed by atoms with van der Waals surface area (Å²) in [5.41, 5.74) is 2.34. The Bertz CT molecular complexity index is 479. The van der Waals surface area contributed by atoms with Crippen LogP contribution < -0.4 is 4.74 Å². The maximum Gasteiger partial charge on any atom is 0.119 e. The molecule has 1 N–H and O–H groups in total. The van der Waals surface area contributed by atoms with Crippen molar-refractivity contribution in [2.45, 2.75) is 12.8 Å². The highest BCUT2D eigenvalue weighted by Gasteiger charge is 2.13. The zero-order valence-corrected chi connectivity index (χ0v) is 10.5. The van der Waals surface area contributed by atoms with Crippen molar-refractivity contribution in [3.63, 3.8) is 0 Å². The quantitative estimate of drug-likeness (QED) is 0.872. The molecule has 0 bridgehead atoms. The normalized spacial score (nSPS) is 12.1. The summed E-state index contributed by atoms with van der Waals surface area (Å²) < 4.78 is 5.71. The first-order valence-corrected chi connectivity index (χ1v) is 6.15. The molecule has 0 aliphatic heterocycles. The van der Waals surface area contributed by atoms with Gasteiger partial charge in [-0.25, -0.2) is 0 Å². The van der Waals surface area contributed by atoms with Crippen molar-refractivity contribution in [3.05, 3.63) is 65.7 Å². The molecule has 0 radical (unpaired) electrons. The van der Waals surface area contributed by atoms with E-state index >= 15 is 0 Å². The topological polar surface area (TPSA) is 29.5 Å². The van der Waals surface area contributed by atoms with E-state index in [2.05, 4.69) is 13.0 Å². The number of hydrogen-bond acceptors (Lipinski definition) is 2. The minimum absolute atomic E-state index is 0.0198. The Balaban J connectivity index is 2.04. The number of ether oxygens (including phenoxy) is 1. The van der Waals surface area contributed by atoms with Crippen molar-refractivity contribution < 1.29 is 9.84 Å². The summed E-state index contributed by atoms with van der Waals surface area (Å²) in [6.45, 7) is 2.64. The van der Waals surface area contributed by atoms with Gasteiger partial charge in [-0.3, -0.25) is 0 Å². The molecule has 2 nitrogen and oxygen atoms in total. The summed E-state index contributed by atoms with van der Waals surface area (Å²) >= 11 is 0. The van der Waals surface area contributed by atoms with Crippen molar-refractivity contribution in [1.82, 2.24) is 0 Å². The highest BCUT2D eigenvalue weighted by Crippen LogP contribution is 2.21. The first kappa shape index (κ1) is 12.7. The molecule has 18 heavy (non-hydrogen) atoms. The van der Waals surface area contributed by atoms with Gasteiger partial charge in [0.05, 0.1) is 13.2 Å². The van der Waals surface area contributed by atoms with Crippen molar-refractivity contribution in [2.24, 2.45) is 0 Å². The summed E-state index contributed by atoms with van der Waals surface area (Å²) in [6.07, 6.45) is 0. The number of aliphatic hydroxyl groups is 1. The van der Waals surface area contributed by atoms with E-state index in [0.29, 0.717) is 6.61 Å². The van der Waals surface area contributed by atoms with Crippen LogP contribution in [0.5, 0.6) is 5.75 Å². The summed E-state index contributed by atoms with van der Waals surface area (Å²) in [5, 5.41) is 9.50. The molecule has 94 valence electrons. The molecule has 0 spiro atoms. The maximum atomic E-state index is 9.50. The van der Waals surface area contributed by atoms with Crippen LogP contribution in [-0.2, 0) is 0 Å². The Labute approximate surface area is 108 Å². The van der Waals surface area contributed by atoms with Crippen LogP contribution in [0.3, 0.4) is 0 Å². The third-order valence-corrected chi connectivity index (χ3v) is 3.04. The highest BCUT2D eigenvalue weighted by molar-refractivity contribution is 5.30. The van der Waals surface area contributed by atoms with Crippen LogP contribution in [0.4, 0.5) is 0 Å². The Morgan fingerprint density at radius 3 is 2.33 bits per heavy atom. The molecule has 0 aliphatic carbocycles. The van der Waals surface area contributed by atoms with E-state index in [-0.39, 0.29) is 12.5 Å². The summed E-state index contributed by atoms with van der Waals surface area (Å²) in [4.78, 5) is 0. The van der Waals surface area contributed by atoms with Crippen LogP contribution in [0.15, 0.2) is 54.6 Å². The van der Waals surface area contributed by atoms with E-state index in [0.717, 1.165) is 11.3 Å². The van der Waals surface area contributed by atoms with E-state index in [9.17, 15) is 5.11 Å². The summed E-state index contributed by atoms with van der Waals surface area (Å²) in [5.74, 6) is 0.857. The molecule has 2 heteroatoms. The average Bonchev–Trinajstić information content (AvgIpc) is 2.42. The van der Waals surface area contributed by atoms with Crippen molar-refractivity contribution in [1.29, 1.82) is 0 Å². The Hall–Kier alpha value is -1.80. The fourth-order valence-corrected chi connectivity index (χ4v) is 2.00. The Kier molecular flexibility index (Phi) is 4.37. The van der Waals surface area contributed by atoms with E-state index in [1.165, 1.54) is 5.56 Å². The van der Waals surface area contributed by atoms with Crippen LogP contribution in [0, 0.1) is 6.92 Å². The van der Waals surface area contributed by atoms with Crippen LogP contribution in [0.1, 0.15) is 17.0 Å². The molecular formula is C16H18O2. The third kappa shape index (κ3) is 3.11. The van der Waals surface area contributed by atoms with Crippen LogP contribution in [0.2, 0.25) is 0 Å². The minimum Gasteiger partial charge on any atom is -0.493 e. The number of hydrogen-bond donors (Lipinski definition) is 1. The number of aryl methyl sites for hydroxylation is 1. The second kappa shape index (κ2) is 6.22. The number of para-hydroxylation sites is 1. The lowest BCUT2D eigenvalue weighted by Crippen LogP contribution is -2.15. The Morgan fingerprint density at radius 1 is 1.00 bits per heavy atom. The van der Waals surface area contributed by atoms with Gasteiger partial charge in [0.25, 0.3) is 0 Å². The van der Waals surface area contributed by atoms with Crippen molar-refractivity contribution in [3.8, 4) is 5.75 Å². The molecule has 0 aromatic heterocycles. The number of aliphatic hydroxyl groups excluding tert-OH is 1.